The molecule has 5 nitrogen and oxygen atoms in total. The number of aliphatic hydroxyl groups is 1. The summed E-state index contributed by atoms with van der Waals surface area (Å²) >= 11 is 0. The van der Waals surface area contributed by atoms with Gasteiger partial charge in [-0.3, -0.25) is 0 Å². The maximum absolute atomic E-state index is 10.6. The Balaban J connectivity index is 1.86. The molecule has 17 heavy (non-hydrogen) atoms. The lowest BCUT2D eigenvalue weighted by Crippen LogP contribution is -2.30. The Morgan fingerprint density at radius 3 is 2.82 bits per heavy atom. The van der Waals surface area contributed by atoms with Crippen LogP contribution in [-0.2, 0) is 0 Å². The second-order valence-electron chi connectivity index (χ2n) is 4.46. The van der Waals surface area contributed by atoms with Crippen molar-refractivity contribution in [2.75, 3.05) is 11.9 Å². The number of furan rings is 1. The highest BCUT2D eigenvalue weighted by Crippen LogP contribution is 2.25. The van der Waals surface area contributed by atoms with Crippen LogP contribution < -0.4 is 5.32 Å². The molecule has 2 unspecified atom stereocenters. The van der Waals surface area contributed by atoms with E-state index in [9.17, 15) is 9.90 Å². The van der Waals surface area contributed by atoms with Crippen LogP contribution in [0.15, 0.2) is 16.5 Å². The molecule has 3 N–H and O–H groups in total. The third kappa shape index (κ3) is 3.00. The number of carboxylic acids is 1. The van der Waals surface area contributed by atoms with Crippen molar-refractivity contribution in [1.29, 1.82) is 0 Å². The van der Waals surface area contributed by atoms with Crippen LogP contribution in [0.4, 0.5) is 5.88 Å². The first kappa shape index (κ1) is 12.0. The lowest BCUT2D eigenvalue weighted by Gasteiger charge is -2.27. The summed E-state index contributed by atoms with van der Waals surface area (Å²) in [6.07, 6.45) is 3.82. The lowest BCUT2D eigenvalue weighted by molar-refractivity contribution is 0.0661. The number of hydrogen-bond acceptors (Lipinski definition) is 4. The molecule has 1 aliphatic rings. The predicted molar refractivity (Wildman–Crippen MR) is 62.1 cm³/mol. The minimum absolute atomic E-state index is 0.0725. The van der Waals surface area contributed by atoms with Crippen molar-refractivity contribution in [3.05, 3.63) is 17.9 Å². The molecule has 2 atom stereocenters. The van der Waals surface area contributed by atoms with Crippen LogP contribution in [0.25, 0.3) is 0 Å². The summed E-state index contributed by atoms with van der Waals surface area (Å²) in [6, 6.07) is 3.01. The fourth-order valence-corrected chi connectivity index (χ4v) is 2.21. The first-order valence-corrected chi connectivity index (χ1v) is 5.92. The number of carboxylic acid groups (broad SMARTS) is 1. The van der Waals surface area contributed by atoms with Crippen LogP contribution in [-0.4, -0.2) is 28.8 Å². The zero-order valence-electron chi connectivity index (χ0n) is 9.56. The van der Waals surface area contributed by atoms with Gasteiger partial charge in [0.1, 0.15) is 0 Å². The number of aliphatic hydroxyl groups excluding tert-OH is 1. The fraction of sp³-hybridized carbons (Fsp3) is 0.583. The van der Waals surface area contributed by atoms with Crippen LogP contribution in [0.3, 0.4) is 0 Å². The second-order valence-corrected chi connectivity index (χ2v) is 4.46. The maximum atomic E-state index is 10.6. The summed E-state index contributed by atoms with van der Waals surface area (Å²) in [5.74, 6) is -0.477. The Kier molecular flexibility index (Phi) is 3.68. The van der Waals surface area contributed by atoms with E-state index in [2.05, 4.69) is 5.32 Å². The Bertz CT molecular complexity index is 388. The molecule has 0 bridgehead atoms. The molecule has 1 aromatic heterocycles. The highest BCUT2D eigenvalue weighted by molar-refractivity contribution is 5.84. The van der Waals surface area contributed by atoms with Crippen molar-refractivity contribution in [3.8, 4) is 0 Å². The molecular weight excluding hydrogens is 222 g/mol. The normalized spacial score (nSPS) is 24.5. The average molecular weight is 239 g/mol. The van der Waals surface area contributed by atoms with Crippen LogP contribution in [0, 0.1) is 5.92 Å². The third-order valence-electron chi connectivity index (χ3n) is 3.22. The summed E-state index contributed by atoms with van der Waals surface area (Å²) < 4.78 is 5.08. The molecule has 1 fully saturated rings. The first-order valence-electron chi connectivity index (χ1n) is 5.92. The van der Waals surface area contributed by atoms with Crippen molar-refractivity contribution in [1.82, 2.24) is 0 Å². The van der Waals surface area contributed by atoms with Crippen molar-refractivity contribution >= 4 is 11.9 Å². The number of carbonyl (C=O) groups is 1. The van der Waals surface area contributed by atoms with Crippen molar-refractivity contribution in [2.45, 2.75) is 31.8 Å². The molecule has 94 valence electrons. The van der Waals surface area contributed by atoms with Gasteiger partial charge >= 0.3 is 5.97 Å². The van der Waals surface area contributed by atoms with E-state index in [1.54, 1.807) is 6.07 Å². The van der Waals surface area contributed by atoms with Crippen LogP contribution in [0.2, 0.25) is 0 Å². The second kappa shape index (κ2) is 5.23. The summed E-state index contributed by atoms with van der Waals surface area (Å²) in [6.45, 7) is 0.619. The molecule has 0 amide bonds. The van der Waals surface area contributed by atoms with E-state index in [-0.39, 0.29) is 17.8 Å². The molecular formula is C12H17NO4. The van der Waals surface area contributed by atoms with Crippen molar-refractivity contribution in [3.63, 3.8) is 0 Å². The van der Waals surface area contributed by atoms with Gasteiger partial charge in [-0.25, -0.2) is 4.79 Å². The van der Waals surface area contributed by atoms with Gasteiger partial charge in [0.15, 0.2) is 5.88 Å². The Morgan fingerprint density at radius 1 is 1.41 bits per heavy atom. The molecule has 0 aliphatic heterocycles. The van der Waals surface area contributed by atoms with Crippen molar-refractivity contribution < 1.29 is 19.4 Å². The SMILES string of the molecule is O=C(O)c1ccc(NCC2CCCCC2O)o1. The van der Waals surface area contributed by atoms with E-state index in [1.807, 2.05) is 0 Å². The van der Waals surface area contributed by atoms with Crippen LogP contribution in [0.5, 0.6) is 0 Å². The van der Waals surface area contributed by atoms with E-state index in [0.29, 0.717) is 12.4 Å². The zero-order chi connectivity index (χ0) is 12.3. The predicted octanol–water partition coefficient (Wildman–Crippen LogP) is 1.94. The first-order chi connectivity index (χ1) is 8.16. The summed E-state index contributed by atoms with van der Waals surface area (Å²) in [7, 11) is 0. The largest absolute Gasteiger partial charge is 0.475 e. The van der Waals surface area contributed by atoms with Crippen LogP contribution >= 0.6 is 0 Å². The lowest BCUT2D eigenvalue weighted by atomic mass is 9.86. The van der Waals surface area contributed by atoms with Gasteiger partial charge in [-0.2, -0.15) is 0 Å². The fourth-order valence-electron chi connectivity index (χ4n) is 2.21. The molecule has 0 aromatic carbocycles. The summed E-state index contributed by atoms with van der Waals surface area (Å²) in [5.41, 5.74) is 0. The number of nitrogens with one attached hydrogen (secondary N) is 1. The summed E-state index contributed by atoms with van der Waals surface area (Å²) in [4.78, 5) is 10.6. The zero-order valence-corrected chi connectivity index (χ0v) is 9.56. The maximum Gasteiger partial charge on any atom is 0.371 e. The van der Waals surface area contributed by atoms with E-state index in [0.717, 1.165) is 25.7 Å². The smallest absolute Gasteiger partial charge is 0.371 e. The van der Waals surface area contributed by atoms with Gasteiger partial charge in [-0.15, -0.1) is 0 Å². The standard InChI is InChI=1S/C12H17NO4/c14-9-4-2-1-3-8(9)7-13-11-6-5-10(17-11)12(15)16/h5-6,8-9,13-14H,1-4,7H2,(H,15,16). The Hall–Kier alpha value is -1.49. The number of anilines is 1. The molecule has 2 rings (SSSR count). The molecule has 5 heteroatoms. The number of aromatic carboxylic acids is 1. The molecule has 1 aromatic rings. The Morgan fingerprint density at radius 2 is 2.18 bits per heavy atom. The van der Waals surface area contributed by atoms with Gasteiger partial charge in [0.2, 0.25) is 5.76 Å². The minimum Gasteiger partial charge on any atom is -0.475 e. The molecule has 0 spiro atoms. The van der Waals surface area contributed by atoms with Crippen LogP contribution in [0.1, 0.15) is 36.2 Å². The average Bonchev–Trinajstić information content (AvgIpc) is 2.77. The molecule has 0 radical (unpaired) electrons. The quantitative estimate of drug-likeness (QED) is 0.748. The number of rotatable bonds is 4. The molecule has 1 heterocycles. The number of hydrogen-bond donors (Lipinski definition) is 3. The highest BCUT2D eigenvalue weighted by atomic mass is 16.4. The molecule has 1 aliphatic carbocycles. The van der Waals surface area contributed by atoms with E-state index in [1.165, 1.54) is 6.07 Å². The molecule has 0 saturated heterocycles. The van der Waals surface area contributed by atoms with Crippen molar-refractivity contribution in [2.24, 2.45) is 5.92 Å². The topological polar surface area (TPSA) is 82.7 Å². The van der Waals surface area contributed by atoms with Gasteiger partial charge in [-0.1, -0.05) is 12.8 Å². The third-order valence-corrected chi connectivity index (χ3v) is 3.22. The Labute approximate surface area is 99.4 Å². The van der Waals surface area contributed by atoms with E-state index < -0.39 is 5.97 Å². The minimum atomic E-state index is -1.07. The van der Waals surface area contributed by atoms with Gasteiger partial charge < -0.3 is 19.9 Å². The van der Waals surface area contributed by atoms with Gasteiger partial charge in [-0.05, 0) is 18.9 Å². The van der Waals surface area contributed by atoms with Gasteiger partial charge in [0.25, 0.3) is 0 Å². The highest BCUT2D eigenvalue weighted by Gasteiger charge is 2.23. The van der Waals surface area contributed by atoms with E-state index >= 15 is 0 Å². The van der Waals surface area contributed by atoms with Gasteiger partial charge in [0.05, 0.1) is 6.10 Å². The monoisotopic (exact) mass is 239 g/mol. The van der Waals surface area contributed by atoms with E-state index in [4.69, 9.17) is 9.52 Å². The molecule has 1 saturated carbocycles. The summed E-state index contributed by atoms with van der Waals surface area (Å²) in [5, 5.41) is 21.5. The van der Waals surface area contributed by atoms with Gasteiger partial charge in [0, 0.05) is 18.5 Å².